The van der Waals surface area contributed by atoms with Gasteiger partial charge in [0.25, 0.3) is 0 Å². The molecule has 1 aromatic rings. The van der Waals surface area contributed by atoms with Crippen LogP contribution in [-0.4, -0.2) is 30.3 Å². The average Bonchev–Trinajstić information content (AvgIpc) is 2.71. The summed E-state index contributed by atoms with van der Waals surface area (Å²) in [5, 5.41) is 1.89. The third-order valence-electron chi connectivity index (χ3n) is 1.90. The molecule has 110 valence electrons. The van der Waals surface area contributed by atoms with E-state index < -0.39 is 0 Å². The maximum absolute atomic E-state index is 10.7. The molecule has 19 heavy (non-hydrogen) atoms. The number of hydrogen-bond donors (Lipinski definition) is 1. The standard InChI is InChI=1S/C7H9NO2S2.C6H14O/c1-10-6(9)3-2-5-4-12-7(11)8-5;1-5(2)7-6(3)4/h4H,2-3H2,1H3,(H,8,11);5-6H,1-4H3. The van der Waals surface area contributed by atoms with Gasteiger partial charge in [0.05, 0.1) is 31.4 Å². The summed E-state index contributed by atoms with van der Waals surface area (Å²) in [6.07, 6.45) is 1.76. The van der Waals surface area contributed by atoms with E-state index in [1.54, 1.807) is 0 Å². The summed E-state index contributed by atoms with van der Waals surface area (Å²) in [5.41, 5.74) is 0.899. The van der Waals surface area contributed by atoms with E-state index in [1.165, 1.54) is 18.4 Å². The minimum atomic E-state index is -0.205. The molecule has 0 saturated heterocycles. The maximum atomic E-state index is 10.7. The maximum Gasteiger partial charge on any atom is 0.305 e. The summed E-state index contributed by atoms with van der Waals surface area (Å²) in [6, 6.07) is 0. The molecule has 0 saturated carbocycles. The Kier molecular flexibility index (Phi) is 9.91. The molecule has 4 nitrogen and oxygen atoms in total. The Morgan fingerprint density at radius 3 is 2.26 bits per heavy atom. The van der Waals surface area contributed by atoms with Gasteiger partial charge in [-0.1, -0.05) is 0 Å². The molecule has 0 bridgehead atoms. The van der Waals surface area contributed by atoms with Crippen molar-refractivity contribution in [1.29, 1.82) is 0 Å². The molecule has 0 fully saturated rings. The Bertz CT molecular complexity index is 359. The van der Waals surface area contributed by atoms with E-state index in [-0.39, 0.29) is 5.97 Å². The van der Waals surface area contributed by atoms with E-state index in [9.17, 15) is 4.79 Å². The summed E-state index contributed by atoms with van der Waals surface area (Å²) >= 11 is 5.53. The molecule has 1 aromatic heterocycles. The molecular weight excluding hydrogens is 282 g/mol. The average molecular weight is 305 g/mol. The number of thiol groups is 1. The van der Waals surface area contributed by atoms with Gasteiger partial charge in [0.15, 0.2) is 0 Å². The first-order valence-electron chi connectivity index (χ1n) is 6.20. The molecule has 6 heteroatoms. The lowest BCUT2D eigenvalue weighted by Gasteiger charge is -2.09. The third-order valence-corrected chi connectivity index (χ3v) is 3.01. The third kappa shape index (κ3) is 11.0. The molecule has 0 aromatic carbocycles. The Labute approximate surface area is 124 Å². The fourth-order valence-electron chi connectivity index (χ4n) is 1.29. The minimum absolute atomic E-state index is 0.205. The van der Waals surface area contributed by atoms with Gasteiger partial charge >= 0.3 is 5.97 Å². The second kappa shape index (κ2) is 10.2. The number of hydrogen-bond acceptors (Lipinski definition) is 6. The first-order chi connectivity index (χ1) is 8.85. The zero-order valence-corrected chi connectivity index (χ0v) is 13.9. The molecule has 0 aliphatic heterocycles. The highest BCUT2D eigenvalue weighted by Crippen LogP contribution is 2.14. The summed E-state index contributed by atoms with van der Waals surface area (Å²) < 4.78 is 10.5. The van der Waals surface area contributed by atoms with E-state index in [2.05, 4.69) is 22.3 Å². The van der Waals surface area contributed by atoms with Crippen molar-refractivity contribution in [2.45, 2.75) is 57.1 Å². The molecule has 0 aliphatic rings. The molecule has 0 atom stereocenters. The van der Waals surface area contributed by atoms with E-state index >= 15 is 0 Å². The van der Waals surface area contributed by atoms with Crippen LogP contribution in [0.25, 0.3) is 0 Å². The zero-order valence-electron chi connectivity index (χ0n) is 12.2. The number of aromatic nitrogens is 1. The fourth-order valence-corrected chi connectivity index (χ4v) is 2.16. The zero-order chi connectivity index (χ0) is 14.8. The lowest BCUT2D eigenvalue weighted by atomic mass is 10.2. The van der Waals surface area contributed by atoms with Gasteiger partial charge in [-0.05, 0) is 27.7 Å². The van der Waals surface area contributed by atoms with Gasteiger partial charge in [0.2, 0.25) is 0 Å². The van der Waals surface area contributed by atoms with Gasteiger partial charge in [-0.15, -0.1) is 24.0 Å². The Morgan fingerprint density at radius 2 is 1.95 bits per heavy atom. The molecule has 0 amide bonds. The van der Waals surface area contributed by atoms with Crippen LogP contribution in [0.4, 0.5) is 0 Å². The molecule has 0 radical (unpaired) electrons. The molecule has 1 heterocycles. The predicted octanol–water partition coefficient (Wildman–Crippen LogP) is 3.36. The van der Waals surface area contributed by atoms with Crippen LogP contribution in [0.2, 0.25) is 0 Å². The van der Waals surface area contributed by atoms with Crippen LogP contribution in [0.5, 0.6) is 0 Å². The number of nitrogens with zero attached hydrogens (tertiary/aromatic N) is 1. The normalized spacial score (nSPS) is 10.3. The van der Waals surface area contributed by atoms with Gasteiger partial charge < -0.3 is 9.47 Å². The van der Waals surface area contributed by atoms with Gasteiger partial charge in [0.1, 0.15) is 4.34 Å². The summed E-state index contributed by atoms with van der Waals surface area (Å²) in [6.45, 7) is 8.17. The Balaban J connectivity index is 0.000000399. The van der Waals surface area contributed by atoms with Gasteiger partial charge in [-0.25, -0.2) is 4.98 Å². The van der Waals surface area contributed by atoms with Crippen LogP contribution in [0.15, 0.2) is 9.72 Å². The SMILES string of the molecule is CC(C)OC(C)C.COC(=O)CCc1csc(S)n1. The van der Waals surface area contributed by atoms with Crippen molar-refractivity contribution >= 4 is 29.9 Å². The topological polar surface area (TPSA) is 48.4 Å². The smallest absolute Gasteiger partial charge is 0.305 e. The largest absolute Gasteiger partial charge is 0.469 e. The van der Waals surface area contributed by atoms with Crippen molar-refractivity contribution in [3.63, 3.8) is 0 Å². The number of methoxy groups -OCH3 is 1. The number of carbonyl (C=O) groups excluding carboxylic acids is 1. The second-order valence-corrected chi connectivity index (χ2v) is 6.02. The van der Waals surface area contributed by atoms with Crippen molar-refractivity contribution in [1.82, 2.24) is 4.98 Å². The van der Waals surface area contributed by atoms with Crippen LogP contribution < -0.4 is 0 Å². The van der Waals surface area contributed by atoms with Crippen LogP contribution in [0.1, 0.15) is 39.8 Å². The number of aryl methyl sites for hydroxylation is 1. The van der Waals surface area contributed by atoms with E-state index in [4.69, 9.17) is 4.74 Å². The quantitative estimate of drug-likeness (QED) is 0.669. The van der Waals surface area contributed by atoms with Crippen molar-refractivity contribution in [2.24, 2.45) is 0 Å². The van der Waals surface area contributed by atoms with E-state index in [1.807, 2.05) is 33.1 Å². The molecule has 1 rings (SSSR count). The molecule has 0 aliphatic carbocycles. The number of thiazole rings is 1. The van der Waals surface area contributed by atoms with Gasteiger partial charge in [-0.3, -0.25) is 4.79 Å². The first-order valence-corrected chi connectivity index (χ1v) is 7.53. The highest BCUT2D eigenvalue weighted by atomic mass is 32.2. The number of ether oxygens (including phenoxy) is 2. The van der Waals surface area contributed by atoms with Crippen LogP contribution in [0, 0.1) is 0 Å². The van der Waals surface area contributed by atoms with Gasteiger partial charge in [-0.2, -0.15) is 0 Å². The van der Waals surface area contributed by atoms with E-state index in [0.717, 1.165) is 10.0 Å². The number of rotatable bonds is 5. The summed E-state index contributed by atoms with van der Waals surface area (Å²) in [5.74, 6) is -0.205. The van der Waals surface area contributed by atoms with Crippen molar-refractivity contribution in [3.05, 3.63) is 11.1 Å². The minimum Gasteiger partial charge on any atom is -0.469 e. The highest BCUT2D eigenvalue weighted by Gasteiger charge is 2.03. The highest BCUT2D eigenvalue weighted by molar-refractivity contribution is 7.82. The lowest BCUT2D eigenvalue weighted by Crippen LogP contribution is -2.09. The van der Waals surface area contributed by atoms with Crippen molar-refractivity contribution in [2.75, 3.05) is 7.11 Å². The Hall–Kier alpha value is -0.590. The monoisotopic (exact) mass is 305 g/mol. The first kappa shape index (κ1) is 18.4. The molecular formula is C13H23NO3S2. The van der Waals surface area contributed by atoms with Crippen LogP contribution >= 0.6 is 24.0 Å². The molecule has 0 unspecified atom stereocenters. The van der Waals surface area contributed by atoms with Gasteiger partial charge in [0, 0.05) is 11.8 Å². The number of esters is 1. The Morgan fingerprint density at radius 1 is 1.37 bits per heavy atom. The summed E-state index contributed by atoms with van der Waals surface area (Å²) in [7, 11) is 1.38. The molecule has 0 spiro atoms. The van der Waals surface area contributed by atoms with Crippen LogP contribution in [0.3, 0.4) is 0 Å². The fraction of sp³-hybridized carbons (Fsp3) is 0.692. The van der Waals surface area contributed by atoms with Crippen molar-refractivity contribution in [3.8, 4) is 0 Å². The summed E-state index contributed by atoms with van der Waals surface area (Å²) in [4.78, 5) is 14.8. The lowest BCUT2D eigenvalue weighted by molar-refractivity contribution is -0.140. The van der Waals surface area contributed by atoms with E-state index in [0.29, 0.717) is 25.0 Å². The molecule has 0 N–H and O–H groups in total. The second-order valence-electron chi connectivity index (χ2n) is 4.43. The number of carbonyl (C=O) groups is 1. The van der Waals surface area contributed by atoms with Crippen LogP contribution in [-0.2, 0) is 20.7 Å². The predicted molar refractivity (Wildman–Crippen MR) is 81.1 cm³/mol. The van der Waals surface area contributed by atoms with Crippen molar-refractivity contribution < 1.29 is 14.3 Å².